The third kappa shape index (κ3) is 4.67. The van der Waals surface area contributed by atoms with Crippen molar-refractivity contribution >= 4 is 33.0 Å². The van der Waals surface area contributed by atoms with Crippen LogP contribution in [0.25, 0.3) is 0 Å². The first-order valence-electron chi connectivity index (χ1n) is 10.0. The highest BCUT2D eigenvalue weighted by Crippen LogP contribution is 2.39. The zero-order valence-electron chi connectivity index (χ0n) is 17.1. The smallest absolute Gasteiger partial charge is 0.358 e. The standard InChI is InChI=1S/C21H20ClF4N3O3S/c22-15-9-12(5-6-16(15)23)29-11-13(10-17(29)19(30)28-20(27)7-8-20)33(31,32)18-4-2-1-3-14(18)21(24,25)26/h1-6,9,13,17H,7-8,10-11,27H2,(H,28,30)/t13-,17+/m1/s1. The van der Waals surface area contributed by atoms with Crippen molar-refractivity contribution in [1.82, 2.24) is 5.32 Å². The second-order valence-corrected chi connectivity index (χ2v) is 10.9. The lowest BCUT2D eigenvalue weighted by atomic mass is 10.2. The van der Waals surface area contributed by atoms with Crippen LogP contribution < -0.4 is 16.0 Å². The number of carbonyl (C=O) groups is 1. The summed E-state index contributed by atoms with van der Waals surface area (Å²) in [4.78, 5) is 13.5. The number of alkyl halides is 3. The van der Waals surface area contributed by atoms with Crippen molar-refractivity contribution in [2.24, 2.45) is 5.73 Å². The van der Waals surface area contributed by atoms with Gasteiger partial charge in [0.25, 0.3) is 0 Å². The van der Waals surface area contributed by atoms with Gasteiger partial charge in [-0.3, -0.25) is 4.79 Å². The van der Waals surface area contributed by atoms with Crippen LogP contribution in [0.5, 0.6) is 0 Å². The van der Waals surface area contributed by atoms with Gasteiger partial charge in [-0.2, -0.15) is 13.2 Å². The molecule has 0 aromatic heterocycles. The molecule has 0 spiro atoms. The van der Waals surface area contributed by atoms with Gasteiger partial charge in [-0.15, -0.1) is 0 Å². The Balaban J connectivity index is 1.72. The van der Waals surface area contributed by atoms with E-state index in [0.717, 1.165) is 18.2 Å². The molecule has 0 radical (unpaired) electrons. The average molecular weight is 506 g/mol. The Morgan fingerprint density at radius 3 is 2.45 bits per heavy atom. The summed E-state index contributed by atoms with van der Waals surface area (Å²) < 4.78 is 80.7. The SMILES string of the molecule is NC1(NC(=O)[C@@H]2C[C@@H](S(=O)(=O)c3ccccc3C(F)(F)F)CN2c2ccc(F)c(Cl)c2)CC1. The molecule has 4 rings (SSSR count). The lowest BCUT2D eigenvalue weighted by Crippen LogP contribution is -2.51. The van der Waals surface area contributed by atoms with Gasteiger partial charge in [0.1, 0.15) is 11.9 Å². The maximum Gasteiger partial charge on any atom is 0.417 e. The van der Waals surface area contributed by atoms with Crippen molar-refractivity contribution < 1.29 is 30.8 Å². The second-order valence-electron chi connectivity index (χ2n) is 8.31. The van der Waals surface area contributed by atoms with Gasteiger partial charge in [-0.25, -0.2) is 12.8 Å². The van der Waals surface area contributed by atoms with E-state index >= 15 is 0 Å². The van der Waals surface area contributed by atoms with Gasteiger partial charge in [0.15, 0.2) is 9.84 Å². The molecule has 1 saturated heterocycles. The number of rotatable bonds is 5. The van der Waals surface area contributed by atoms with Gasteiger partial charge in [-0.05, 0) is 49.6 Å². The van der Waals surface area contributed by atoms with E-state index in [-0.39, 0.29) is 23.7 Å². The number of amides is 1. The van der Waals surface area contributed by atoms with Crippen LogP contribution in [-0.4, -0.2) is 37.8 Å². The maximum absolute atomic E-state index is 13.7. The van der Waals surface area contributed by atoms with Crippen LogP contribution >= 0.6 is 11.6 Å². The van der Waals surface area contributed by atoms with Gasteiger partial charge >= 0.3 is 6.18 Å². The van der Waals surface area contributed by atoms with Crippen molar-refractivity contribution in [3.8, 4) is 0 Å². The minimum Gasteiger partial charge on any atom is -0.358 e. The fourth-order valence-electron chi connectivity index (χ4n) is 3.94. The Morgan fingerprint density at radius 2 is 1.85 bits per heavy atom. The lowest BCUT2D eigenvalue weighted by Gasteiger charge is -2.27. The van der Waals surface area contributed by atoms with E-state index in [9.17, 15) is 30.8 Å². The summed E-state index contributed by atoms with van der Waals surface area (Å²) in [6.07, 6.45) is -4.05. The number of carbonyl (C=O) groups excluding carboxylic acids is 1. The Morgan fingerprint density at radius 1 is 1.18 bits per heavy atom. The van der Waals surface area contributed by atoms with Crippen molar-refractivity contribution in [1.29, 1.82) is 0 Å². The molecule has 1 aliphatic heterocycles. The third-order valence-corrected chi connectivity index (χ3v) is 8.38. The molecule has 2 atom stereocenters. The maximum atomic E-state index is 13.7. The van der Waals surface area contributed by atoms with Crippen LogP contribution in [0, 0.1) is 5.82 Å². The molecule has 2 aromatic carbocycles. The van der Waals surface area contributed by atoms with E-state index in [1.807, 2.05) is 0 Å². The highest BCUT2D eigenvalue weighted by atomic mass is 35.5. The first-order chi connectivity index (χ1) is 15.3. The molecule has 1 aliphatic carbocycles. The highest BCUT2D eigenvalue weighted by molar-refractivity contribution is 7.92. The topological polar surface area (TPSA) is 92.5 Å². The number of sulfone groups is 1. The molecule has 2 aliphatic rings. The molecular formula is C21H20ClF4N3O3S. The highest BCUT2D eigenvalue weighted by Gasteiger charge is 2.48. The van der Waals surface area contributed by atoms with Gasteiger partial charge in [-0.1, -0.05) is 23.7 Å². The summed E-state index contributed by atoms with van der Waals surface area (Å²) >= 11 is 5.86. The number of hydrogen-bond donors (Lipinski definition) is 2. The fourth-order valence-corrected chi connectivity index (χ4v) is 6.02. The summed E-state index contributed by atoms with van der Waals surface area (Å²) in [6, 6.07) is 6.52. The summed E-state index contributed by atoms with van der Waals surface area (Å²) in [7, 11) is -4.49. The quantitative estimate of drug-likeness (QED) is 0.479. The summed E-state index contributed by atoms with van der Waals surface area (Å²) in [5, 5.41) is 1.10. The average Bonchev–Trinajstić information content (AvgIpc) is 3.28. The number of nitrogens with zero attached hydrogens (tertiary/aromatic N) is 1. The molecule has 3 N–H and O–H groups in total. The van der Waals surface area contributed by atoms with Crippen LogP contribution in [0.3, 0.4) is 0 Å². The lowest BCUT2D eigenvalue weighted by molar-refractivity contribution is -0.139. The Bertz CT molecular complexity index is 1200. The minimum absolute atomic E-state index is 0.238. The molecule has 33 heavy (non-hydrogen) atoms. The molecule has 1 saturated carbocycles. The number of hydrogen-bond acceptors (Lipinski definition) is 5. The molecule has 12 heteroatoms. The van der Waals surface area contributed by atoms with Crippen LogP contribution in [0.1, 0.15) is 24.8 Å². The monoisotopic (exact) mass is 505 g/mol. The molecule has 6 nitrogen and oxygen atoms in total. The normalized spacial score (nSPS) is 22.3. The summed E-state index contributed by atoms with van der Waals surface area (Å²) in [5.41, 5.74) is 4.07. The zero-order valence-corrected chi connectivity index (χ0v) is 18.6. The Hall–Kier alpha value is -2.37. The number of nitrogens with one attached hydrogen (secondary N) is 1. The first-order valence-corrected chi connectivity index (χ1v) is 12.0. The van der Waals surface area contributed by atoms with Gasteiger partial charge in [0, 0.05) is 12.2 Å². The van der Waals surface area contributed by atoms with E-state index in [4.69, 9.17) is 17.3 Å². The largest absolute Gasteiger partial charge is 0.417 e. The predicted octanol–water partition coefficient (Wildman–Crippen LogP) is 3.48. The fraction of sp³-hybridized carbons (Fsp3) is 0.381. The van der Waals surface area contributed by atoms with Crippen molar-refractivity contribution in [3.05, 3.63) is 58.9 Å². The van der Waals surface area contributed by atoms with E-state index in [1.165, 1.54) is 23.1 Å². The second kappa shape index (κ2) is 8.14. The van der Waals surface area contributed by atoms with Crippen LogP contribution in [0.4, 0.5) is 23.2 Å². The van der Waals surface area contributed by atoms with E-state index in [0.29, 0.717) is 18.9 Å². The van der Waals surface area contributed by atoms with Crippen molar-refractivity contribution in [2.45, 2.75) is 47.3 Å². The number of benzene rings is 2. The van der Waals surface area contributed by atoms with Gasteiger partial charge in [0.2, 0.25) is 5.91 Å². The van der Waals surface area contributed by atoms with Crippen LogP contribution in [-0.2, 0) is 20.8 Å². The molecule has 178 valence electrons. The van der Waals surface area contributed by atoms with Crippen molar-refractivity contribution in [3.63, 3.8) is 0 Å². The van der Waals surface area contributed by atoms with E-state index in [1.54, 1.807) is 0 Å². The molecule has 1 amide bonds. The molecular weight excluding hydrogens is 486 g/mol. The third-order valence-electron chi connectivity index (χ3n) is 5.90. The van der Waals surface area contributed by atoms with E-state index in [2.05, 4.69) is 5.32 Å². The van der Waals surface area contributed by atoms with E-state index < -0.39 is 55.2 Å². The number of anilines is 1. The minimum atomic E-state index is -4.87. The molecule has 0 unspecified atom stereocenters. The van der Waals surface area contributed by atoms with Crippen LogP contribution in [0.2, 0.25) is 5.02 Å². The summed E-state index contributed by atoms with van der Waals surface area (Å²) in [6.45, 7) is -0.286. The summed E-state index contributed by atoms with van der Waals surface area (Å²) in [5.74, 6) is -1.26. The molecule has 0 bridgehead atoms. The molecule has 2 aromatic rings. The molecule has 2 fully saturated rings. The van der Waals surface area contributed by atoms with Crippen LogP contribution in [0.15, 0.2) is 47.4 Å². The van der Waals surface area contributed by atoms with Crippen molar-refractivity contribution in [2.75, 3.05) is 11.4 Å². The predicted molar refractivity (Wildman–Crippen MR) is 114 cm³/mol. The van der Waals surface area contributed by atoms with Gasteiger partial charge < -0.3 is 16.0 Å². The number of nitrogens with two attached hydrogens (primary N) is 1. The molecule has 1 heterocycles. The first kappa shape index (κ1) is 23.8. The van der Waals surface area contributed by atoms with Gasteiger partial charge in [0.05, 0.1) is 26.4 Å². The Kier molecular flexibility index (Phi) is 5.86. The Labute approximate surface area is 192 Å². The number of halogens is 5. The zero-order chi connectivity index (χ0) is 24.2.